The van der Waals surface area contributed by atoms with Crippen molar-refractivity contribution in [1.82, 2.24) is 15.1 Å². The van der Waals surface area contributed by atoms with Gasteiger partial charge in [-0.3, -0.25) is 9.69 Å². The van der Waals surface area contributed by atoms with E-state index in [9.17, 15) is 9.18 Å². The highest BCUT2D eigenvalue weighted by Crippen LogP contribution is 2.29. The Morgan fingerprint density at radius 2 is 2.15 bits per heavy atom. The zero-order valence-corrected chi connectivity index (χ0v) is 16.1. The van der Waals surface area contributed by atoms with Gasteiger partial charge in [0.05, 0.1) is 11.9 Å². The first kappa shape index (κ1) is 18.9. The van der Waals surface area contributed by atoms with Crippen molar-refractivity contribution in [3.05, 3.63) is 56.7 Å². The van der Waals surface area contributed by atoms with Crippen molar-refractivity contribution in [3.8, 4) is 0 Å². The zero-order chi connectivity index (χ0) is 18.8. The molecule has 0 bridgehead atoms. The highest BCUT2D eigenvalue weighted by Gasteiger charge is 2.31. The second kappa shape index (κ2) is 7.76. The van der Waals surface area contributed by atoms with E-state index < -0.39 is 0 Å². The third-order valence-corrected chi connectivity index (χ3v) is 5.42. The van der Waals surface area contributed by atoms with Crippen LogP contribution < -0.4 is 10.5 Å². The van der Waals surface area contributed by atoms with E-state index in [1.165, 1.54) is 6.07 Å². The lowest BCUT2D eigenvalue weighted by Gasteiger charge is -2.44. The van der Waals surface area contributed by atoms with Crippen LogP contribution in [0.4, 0.5) is 10.1 Å². The molecular formula is C19H24ClFN4O. The Kier molecular flexibility index (Phi) is 5.63. The zero-order valence-electron chi connectivity index (χ0n) is 15.3. The lowest BCUT2D eigenvalue weighted by molar-refractivity contribution is 0.192. The average molecular weight is 379 g/mol. The molecule has 0 unspecified atom stereocenters. The summed E-state index contributed by atoms with van der Waals surface area (Å²) < 4.78 is 13.3. The van der Waals surface area contributed by atoms with Crippen LogP contribution in [0, 0.1) is 18.7 Å². The maximum atomic E-state index is 13.3. The van der Waals surface area contributed by atoms with Crippen molar-refractivity contribution in [3.63, 3.8) is 0 Å². The molecule has 5 nitrogen and oxygen atoms in total. The molecule has 0 amide bonds. The van der Waals surface area contributed by atoms with Crippen LogP contribution in [-0.2, 0) is 6.54 Å². The normalized spacial score (nSPS) is 18.5. The van der Waals surface area contributed by atoms with Crippen LogP contribution in [0.15, 0.2) is 29.2 Å². The highest BCUT2D eigenvalue weighted by atomic mass is 35.5. The molecule has 1 fully saturated rings. The summed E-state index contributed by atoms with van der Waals surface area (Å²) in [5.74, 6) is 0.176. The van der Waals surface area contributed by atoms with Crippen molar-refractivity contribution < 1.29 is 4.39 Å². The Bertz CT molecular complexity index is 839. The van der Waals surface area contributed by atoms with Gasteiger partial charge in [-0.15, -0.1) is 0 Å². The number of anilines is 1. The molecule has 3 rings (SSSR count). The lowest BCUT2D eigenvalue weighted by atomic mass is 9.98. The molecule has 2 aromatic rings. The standard InChI is InChI=1S/C19H24ClFN4O/c1-12(2)17-11-24(10-14-4-5-15(21)8-13(14)3)6-7-25(17)16-9-22-23-19(26)18(16)20/h4-5,8-9,12,17H,6-7,10-11H2,1-3H3,(H,23,26)/t17-/m0/s1. The Morgan fingerprint density at radius 3 is 2.85 bits per heavy atom. The number of H-pyrrole nitrogens is 1. The van der Waals surface area contributed by atoms with E-state index in [2.05, 4.69) is 33.8 Å². The monoisotopic (exact) mass is 378 g/mol. The fourth-order valence-electron chi connectivity index (χ4n) is 3.53. The average Bonchev–Trinajstić information content (AvgIpc) is 2.60. The van der Waals surface area contributed by atoms with Crippen LogP contribution in [0.3, 0.4) is 0 Å². The molecular weight excluding hydrogens is 355 g/mol. The van der Waals surface area contributed by atoms with Gasteiger partial charge in [0.25, 0.3) is 5.56 Å². The van der Waals surface area contributed by atoms with E-state index in [1.54, 1.807) is 12.3 Å². The third kappa shape index (κ3) is 3.91. The SMILES string of the molecule is Cc1cc(F)ccc1CN1CCN(c2cn[nH]c(=O)c2Cl)[C@H](C(C)C)C1. The number of aromatic nitrogens is 2. The van der Waals surface area contributed by atoms with E-state index in [-0.39, 0.29) is 22.4 Å². The molecule has 7 heteroatoms. The summed E-state index contributed by atoms with van der Waals surface area (Å²) in [5, 5.41) is 6.47. The fourth-order valence-corrected chi connectivity index (χ4v) is 3.73. The summed E-state index contributed by atoms with van der Waals surface area (Å²) in [7, 11) is 0. The lowest BCUT2D eigenvalue weighted by Crippen LogP contribution is -2.55. The van der Waals surface area contributed by atoms with Crippen LogP contribution >= 0.6 is 11.6 Å². The molecule has 1 aliphatic rings. The summed E-state index contributed by atoms with van der Waals surface area (Å²) in [6.07, 6.45) is 1.62. The number of hydrogen-bond donors (Lipinski definition) is 1. The first-order valence-corrected chi connectivity index (χ1v) is 9.22. The number of hydrogen-bond acceptors (Lipinski definition) is 4. The second-order valence-corrected chi connectivity index (χ2v) is 7.59. The van der Waals surface area contributed by atoms with Crippen LogP contribution in [0.25, 0.3) is 0 Å². The highest BCUT2D eigenvalue weighted by molar-refractivity contribution is 6.33. The summed E-state index contributed by atoms with van der Waals surface area (Å²) >= 11 is 6.22. The van der Waals surface area contributed by atoms with E-state index in [0.717, 1.165) is 37.3 Å². The van der Waals surface area contributed by atoms with Gasteiger partial charge in [0.1, 0.15) is 10.8 Å². The molecule has 1 aromatic carbocycles. The van der Waals surface area contributed by atoms with Crippen molar-refractivity contribution in [1.29, 1.82) is 0 Å². The third-order valence-electron chi connectivity index (χ3n) is 5.06. The van der Waals surface area contributed by atoms with Gasteiger partial charge in [-0.05, 0) is 36.1 Å². The van der Waals surface area contributed by atoms with Crippen LogP contribution in [-0.4, -0.2) is 40.8 Å². The number of benzene rings is 1. The first-order valence-electron chi connectivity index (χ1n) is 8.84. The Balaban J connectivity index is 1.80. The molecule has 0 spiro atoms. The molecule has 2 heterocycles. The quantitative estimate of drug-likeness (QED) is 0.887. The van der Waals surface area contributed by atoms with Gasteiger partial charge in [-0.2, -0.15) is 5.10 Å². The topological polar surface area (TPSA) is 52.2 Å². The molecule has 26 heavy (non-hydrogen) atoms. The second-order valence-electron chi connectivity index (χ2n) is 7.21. The van der Waals surface area contributed by atoms with E-state index in [1.807, 2.05) is 13.0 Å². The molecule has 1 saturated heterocycles. The molecule has 140 valence electrons. The molecule has 0 aliphatic carbocycles. The molecule has 0 radical (unpaired) electrons. The van der Waals surface area contributed by atoms with Gasteiger partial charge < -0.3 is 4.90 Å². The number of nitrogens with zero attached hydrogens (tertiary/aromatic N) is 3. The van der Waals surface area contributed by atoms with Crippen molar-refractivity contribution in [2.45, 2.75) is 33.4 Å². The molecule has 1 aliphatic heterocycles. The number of piperazine rings is 1. The smallest absolute Gasteiger partial charge is 0.285 e. The predicted octanol–water partition coefficient (Wildman–Crippen LogP) is 3.22. The van der Waals surface area contributed by atoms with Gasteiger partial charge in [0, 0.05) is 32.2 Å². The molecule has 1 aromatic heterocycles. The first-order chi connectivity index (χ1) is 12.4. The number of halogens is 2. The minimum Gasteiger partial charge on any atom is -0.363 e. The summed E-state index contributed by atoms with van der Waals surface area (Å²) in [6.45, 7) is 9.49. The fraction of sp³-hybridized carbons (Fsp3) is 0.474. The minimum absolute atomic E-state index is 0.188. The largest absolute Gasteiger partial charge is 0.363 e. The Hall–Kier alpha value is -1.92. The van der Waals surface area contributed by atoms with Gasteiger partial charge >= 0.3 is 0 Å². The van der Waals surface area contributed by atoms with E-state index in [4.69, 9.17) is 11.6 Å². The number of aryl methyl sites for hydroxylation is 1. The van der Waals surface area contributed by atoms with Gasteiger partial charge in [-0.25, -0.2) is 9.49 Å². The van der Waals surface area contributed by atoms with Gasteiger partial charge in [0.15, 0.2) is 0 Å². The Labute approximate surface area is 157 Å². The van der Waals surface area contributed by atoms with Crippen molar-refractivity contribution >= 4 is 17.3 Å². The van der Waals surface area contributed by atoms with Gasteiger partial charge in [-0.1, -0.05) is 31.5 Å². The van der Waals surface area contributed by atoms with Crippen LogP contribution in [0.2, 0.25) is 5.02 Å². The van der Waals surface area contributed by atoms with Gasteiger partial charge in [0.2, 0.25) is 0 Å². The predicted molar refractivity (Wildman–Crippen MR) is 102 cm³/mol. The maximum Gasteiger partial charge on any atom is 0.285 e. The van der Waals surface area contributed by atoms with E-state index in [0.29, 0.717) is 11.6 Å². The molecule has 0 saturated carbocycles. The Morgan fingerprint density at radius 1 is 1.38 bits per heavy atom. The molecule has 1 N–H and O–H groups in total. The maximum absolute atomic E-state index is 13.3. The number of nitrogens with one attached hydrogen (secondary N) is 1. The van der Waals surface area contributed by atoms with Crippen LogP contribution in [0.5, 0.6) is 0 Å². The number of rotatable bonds is 4. The van der Waals surface area contributed by atoms with Crippen molar-refractivity contribution in [2.24, 2.45) is 5.92 Å². The summed E-state index contributed by atoms with van der Waals surface area (Å²) in [6, 6.07) is 5.16. The van der Waals surface area contributed by atoms with Crippen molar-refractivity contribution in [2.75, 3.05) is 24.5 Å². The van der Waals surface area contributed by atoms with E-state index >= 15 is 0 Å². The van der Waals surface area contributed by atoms with Crippen LogP contribution in [0.1, 0.15) is 25.0 Å². The summed E-state index contributed by atoms with van der Waals surface area (Å²) in [4.78, 5) is 16.4. The summed E-state index contributed by atoms with van der Waals surface area (Å²) in [5.41, 5.74) is 2.43. The minimum atomic E-state index is -0.365. The molecule has 1 atom stereocenters. The number of aromatic amines is 1.